The molecule has 1 amide bonds. The van der Waals surface area contributed by atoms with E-state index in [1.807, 2.05) is 0 Å². The molecule has 0 aliphatic carbocycles. The third-order valence-corrected chi connectivity index (χ3v) is 4.66. The van der Waals surface area contributed by atoms with Crippen LogP contribution in [0, 0.1) is 0 Å². The van der Waals surface area contributed by atoms with Gasteiger partial charge in [0.2, 0.25) is 0 Å². The zero-order valence-electron chi connectivity index (χ0n) is 14.0. The maximum atomic E-state index is 12.6. The molecule has 0 radical (unpaired) electrons. The first-order chi connectivity index (χ1) is 11.9. The van der Waals surface area contributed by atoms with E-state index in [1.54, 1.807) is 4.90 Å². The van der Waals surface area contributed by atoms with E-state index in [-0.39, 0.29) is 17.6 Å². The van der Waals surface area contributed by atoms with Crippen molar-refractivity contribution in [2.24, 2.45) is 0 Å². The van der Waals surface area contributed by atoms with Crippen molar-refractivity contribution in [1.82, 2.24) is 14.8 Å². The Balaban J connectivity index is 1.57. The molecule has 0 unspecified atom stereocenters. The molecule has 1 aromatic heterocycles. The van der Waals surface area contributed by atoms with Crippen LogP contribution in [0.1, 0.15) is 35.3 Å². The number of halogens is 3. The largest absolute Gasteiger partial charge is 0.433 e. The standard InChI is InChI=1S/C17H22F3N3O2/c18-17(19,20)15-5-4-13(11-21-15)16(24)23-7-2-6-22(8-9-23)12-14-3-1-10-25-14/h4-5,11,14H,1-3,6-10,12H2/t14-/m1/s1. The smallest absolute Gasteiger partial charge is 0.377 e. The van der Waals surface area contributed by atoms with Crippen LogP contribution in [0.2, 0.25) is 0 Å². The number of rotatable bonds is 3. The number of carbonyl (C=O) groups excluding carboxylic acids is 1. The molecule has 8 heteroatoms. The number of pyridine rings is 1. The molecule has 2 fully saturated rings. The van der Waals surface area contributed by atoms with Crippen LogP contribution in [0.25, 0.3) is 0 Å². The summed E-state index contributed by atoms with van der Waals surface area (Å²) in [5.41, 5.74) is -0.789. The summed E-state index contributed by atoms with van der Waals surface area (Å²) in [6.07, 6.45) is -0.179. The average molecular weight is 357 g/mol. The van der Waals surface area contributed by atoms with Gasteiger partial charge in [-0.1, -0.05) is 0 Å². The molecule has 1 aromatic rings. The van der Waals surface area contributed by atoms with Crippen molar-refractivity contribution in [3.63, 3.8) is 0 Å². The van der Waals surface area contributed by atoms with Crippen LogP contribution in [-0.2, 0) is 10.9 Å². The minimum Gasteiger partial charge on any atom is -0.377 e. The van der Waals surface area contributed by atoms with Gasteiger partial charge in [0.05, 0.1) is 11.7 Å². The summed E-state index contributed by atoms with van der Waals surface area (Å²) >= 11 is 0. The van der Waals surface area contributed by atoms with Crippen LogP contribution < -0.4 is 0 Å². The number of alkyl halides is 3. The molecule has 0 bridgehead atoms. The van der Waals surface area contributed by atoms with Gasteiger partial charge in [-0.3, -0.25) is 14.7 Å². The Bertz CT molecular complexity index is 586. The highest BCUT2D eigenvalue weighted by molar-refractivity contribution is 5.93. The lowest BCUT2D eigenvalue weighted by Crippen LogP contribution is -2.37. The molecule has 0 aromatic carbocycles. The van der Waals surface area contributed by atoms with Gasteiger partial charge in [0, 0.05) is 39.0 Å². The van der Waals surface area contributed by atoms with E-state index < -0.39 is 11.9 Å². The second-order valence-corrected chi connectivity index (χ2v) is 6.51. The van der Waals surface area contributed by atoms with Gasteiger partial charge < -0.3 is 9.64 Å². The first kappa shape index (κ1) is 18.1. The van der Waals surface area contributed by atoms with Gasteiger partial charge in [0.1, 0.15) is 5.69 Å². The Kier molecular flexibility index (Phi) is 5.58. The maximum absolute atomic E-state index is 12.6. The van der Waals surface area contributed by atoms with Crippen molar-refractivity contribution in [3.8, 4) is 0 Å². The summed E-state index contributed by atoms with van der Waals surface area (Å²) < 4.78 is 43.4. The number of amides is 1. The molecular formula is C17H22F3N3O2. The Morgan fingerprint density at radius 3 is 2.68 bits per heavy atom. The molecule has 138 valence electrons. The molecule has 25 heavy (non-hydrogen) atoms. The first-order valence-electron chi connectivity index (χ1n) is 8.60. The van der Waals surface area contributed by atoms with Gasteiger partial charge in [-0.15, -0.1) is 0 Å². The fraction of sp³-hybridized carbons (Fsp3) is 0.647. The number of carbonyl (C=O) groups is 1. The molecular weight excluding hydrogens is 335 g/mol. The minimum atomic E-state index is -4.49. The Labute approximate surface area is 144 Å². The fourth-order valence-corrected chi connectivity index (χ4v) is 3.30. The molecule has 3 rings (SSSR count). The summed E-state index contributed by atoms with van der Waals surface area (Å²) in [7, 11) is 0. The lowest BCUT2D eigenvalue weighted by molar-refractivity contribution is -0.141. The van der Waals surface area contributed by atoms with E-state index in [0.717, 1.165) is 57.8 Å². The van der Waals surface area contributed by atoms with E-state index in [0.29, 0.717) is 13.1 Å². The van der Waals surface area contributed by atoms with Gasteiger partial charge >= 0.3 is 6.18 Å². The summed E-state index contributed by atoms with van der Waals surface area (Å²) in [6.45, 7) is 4.51. The zero-order valence-corrected chi connectivity index (χ0v) is 14.0. The topological polar surface area (TPSA) is 45.7 Å². The van der Waals surface area contributed by atoms with Crippen molar-refractivity contribution in [2.45, 2.75) is 31.5 Å². The first-order valence-corrected chi connectivity index (χ1v) is 8.60. The molecule has 2 saturated heterocycles. The highest BCUT2D eigenvalue weighted by Crippen LogP contribution is 2.27. The highest BCUT2D eigenvalue weighted by atomic mass is 19.4. The third-order valence-electron chi connectivity index (χ3n) is 4.66. The Morgan fingerprint density at radius 1 is 1.20 bits per heavy atom. The zero-order chi connectivity index (χ0) is 17.9. The van der Waals surface area contributed by atoms with Crippen LogP contribution in [0.3, 0.4) is 0 Å². The summed E-state index contributed by atoms with van der Waals surface area (Å²) in [4.78, 5) is 19.9. The van der Waals surface area contributed by atoms with Crippen molar-refractivity contribution in [2.75, 3.05) is 39.3 Å². The van der Waals surface area contributed by atoms with Crippen LogP contribution in [0.15, 0.2) is 18.3 Å². The van der Waals surface area contributed by atoms with E-state index in [1.165, 1.54) is 6.07 Å². The maximum Gasteiger partial charge on any atom is 0.433 e. The normalized spacial score (nSPS) is 22.8. The number of hydrogen-bond acceptors (Lipinski definition) is 4. The predicted molar refractivity (Wildman–Crippen MR) is 85.2 cm³/mol. The summed E-state index contributed by atoms with van der Waals surface area (Å²) in [6, 6.07) is 2.06. The quantitative estimate of drug-likeness (QED) is 0.834. The molecule has 1 atom stereocenters. The molecule has 0 N–H and O–H groups in total. The van der Waals surface area contributed by atoms with Crippen molar-refractivity contribution in [3.05, 3.63) is 29.6 Å². The van der Waals surface area contributed by atoms with Crippen LogP contribution in [0.4, 0.5) is 13.2 Å². The predicted octanol–water partition coefficient (Wildman–Crippen LogP) is 2.43. The third kappa shape index (κ3) is 4.70. The summed E-state index contributed by atoms with van der Waals surface area (Å²) in [5.74, 6) is -0.264. The molecule has 2 aliphatic rings. The molecule has 2 aliphatic heterocycles. The number of hydrogen-bond donors (Lipinski definition) is 0. The molecule has 0 spiro atoms. The Morgan fingerprint density at radius 2 is 2.04 bits per heavy atom. The van der Waals surface area contributed by atoms with Gasteiger partial charge in [-0.25, -0.2) is 0 Å². The molecule has 0 saturated carbocycles. The summed E-state index contributed by atoms with van der Waals surface area (Å²) in [5, 5.41) is 0. The van der Waals surface area contributed by atoms with Gasteiger partial charge in [-0.05, 0) is 37.9 Å². The Hall–Kier alpha value is -1.67. The van der Waals surface area contributed by atoms with Crippen LogP contribution in [0.5, 0.6) is 0 Å². The van der Waals surface area contributed by atoms with E-state index in [9.17, 15) is 18.0 Å². The van der Waals surface area contributed by atoms with Crippen LogP contribution >= 0.6 is 0 Å². The second-order valence-electron chi connectivity index (χ2n) is 6.51. The van der Waals surface area contributed by atoms with E-state index in [4.69, 9.17) is 4.74 Å². The van der Waals surface area contributed by atoms with Crippen molar-refractivity contribution in [1.29, 1.82) is 0 Å². The van der Waals surface area contributed by atoms with Gasteiger partial charge in [0.25, 0.3) is 5.91 Å². The molecule has 3 heterocycles. The lowest BCUT2D eigenvalue weighted by atomic mass is 10.2. The lowest BCUT2D eigenvalue weighted by Gasteiger charge is -2.24. The number of nitrogens with zero attached hydrogens (tertiary/aromatic N) is 3. The van der Waals surface area contributed by atoms with Crippen LogP contribution in [-0.4, -0.2) is 66.1 Å². The highest BCUT2D eigenvalue weighted by Gasteiger charge is 2.32. The van der Waals surface area contributed by atoms with Gasteiger partial charge in [0.15, 0.2) is 0 Å². The number of aromatic nitrogens is 1. The number of ether oxygens (including phenoxy) is 1. The van der Waals surface area contributed by atoms with E-state index >= 15 is 0 Å². The molecule has 5 nitrogen and oxygen atoms in total. The van der Waals surface area contributed by atoms with Crippen molar-refractivity contribution >= 4 is 5.91 Å². The minimum absolute atomic E-state index is 0.195. The van der Waals surface area contributed by atoms with E-state index in [2.05, 4.69) is 9.88 Å². The SMILES string of the molecule is O=C(c1ccc(C(F)(F)F)nc1)N1CCCN(C[C@H]2CCCO2)CC1. The monoisotopic (exact) mass is 357 g/mol. The average Bonchev–Trinajstić information content (AvgIpc) is 2.98. The fourth-order valence-electron chi connectivity index (χ4n) is 3.30. The second kappa shape index (κ2) is 7.70. The van der Waals surface area contributed by atoms with Gasteiger partial charge in [-0.2, -0.15) is 13.2 Å². The van der Waals surface area contributed by atoms with Crippen molar-refractivity contribution < 1.29 is 22.7 Å².